The lowest BCUT2D eigenvalue weighted by Crippen LogP contribution is -2.22. The third-order valence-electron chi connectivity index (χ3n) is 5.06. The number of nitrogens with one attached hydrogen (secondary N) is 1. The number of aryl methyl sites for hydroxylation is 1. The van der Waals surface area contributed by atoms with Gasteiger partial charge in [-0.25, -0.2) is 15.0 Å². The third kappa shape index (κ3) is 5.06. The monoisotopic (exact) mass is 437 g/mol. The molecule has 1 saturated heterocycles. The number of primary amides is 1. The first-order chi connectivity index (χ1) is 15.5. The van der Waals surface area contributed by atoms with Crippen molar-refractivity contribution in [2.45, 2.75) is 12.8 Å². The third-order valence-corrected chi connectivity index (χ3v) is 5.06. The number of amides is 2. The molecule has 0 bridgehead atoms. The average Bonchev–Trinajstić information content (AvgIpc) is 3.24. The summed E-state index contributed by atoms with van der Waals surface area (Å²) in [4.78, 5) is 40.9. The van der Waals surface area contributed by atoms with Crippen LogP contribution in [0.25, 0.3) is 11.5 Å². The molecule has 4 heterocycles. The lowest BCUT2D eigenvalue weighted by Gasteiger charge is -2.22. The van der Waals surface area contributed by atoms with Gasteiger partial charge in [0.05, 0.1) is 31.0 Å². The molecular weight excluding hydrogens is 414 g/mol. The Morgan fingerprint density at radius 2 is 2.03 bits per heavy atom. The molecule has 0 aromatic carbocycles. The van der Waals surface area contributed by atoms with Crippen molar-refractivity contribution in [1.82, 2.24) is 24.5 Å². The van der Waals surface area contributed by atoms with Gasteiger partial charge >= 0.3 is 0 Å². The molecule has 32 heavy (non-hydrogen) atoms. The van der Waals surface area contributed by atoms with E-state index in [4.69, 9.17) is 15.2 Å². The molecule has 1 fully saturated rings. The summed E-state index contributed by atoms with van der Waals surface area (Å²) in [5.41, 5.74) is 6.46. The summed E-state index contributed by atoms with van der Waals surface area (Å²) < 4.78 is 13.1. The van der Waals surface area contributed by atoms with E-state index in [1.165, 1.54) is 24.4 Å². The Morgan fingerprint density at radius 3 is 2.69 bits per heavy atom. The summed E-state index contributed by atoms with van der Waals surface area (Å²) in [6, 6.07) is 4.47. The number of nitrogens with zero attached hydrogens (tertiary/aromatic N) is 5. The van der Waals surface area contributed by atoms with Gasteiger partial charge in [0.15, 0.2) is 5.82 Å². The number of carbonyl (C=O) groups is 2. The number of anilines is 1. The number of rotatable bonds is 7. The van der Waals surface area contributed by atoms with Crippen LogP contribution in [0, 0.1) is 5.92 Å². The highest BCUT2D eigenvalue weighted by Gasteiger charge is 2.19. The van der Waals surface area contributed by atoms with Crippen molar-refractivity contribution in [3.63, 3.8) is 0 Å². The van der Waals surface area contributed by atoms with Crippen LogP contribution in [-0.4, -0.2) is 56.1 Å². The van der Waals surface area contributed by atoms with E-state index in [1.54, 1.807) is 17.1 Å². The molecule has 166 valence electrons. The summed E-state index contributed by atoms with van der Waals surface area (Å²) >= 11 is 0. The van der Waals surface area contributed by atoms with Crippen LogP contribution in [0.2, 0.25) is 0 Å². The van der Waals surface area contributed by atoms with Crippen LogP contribution in [0.1, 0.15) is 33.8 Å². The number of aromatic nitrogens is 5. The van der Waals surface area contributed by atoms with Gasteiger partial charge in [-0.1, -0.05) is 0 Å². The van der Waals surface area contributed by atoms with Gasteiger partial charge in [-0.2, -0.15) is 4.98 Å². The van der Waals surface area contributed by atoms with Crippen molar-refractivity contribution in [2.24, 2.45) is 18.7 Å². The first kappa shape index (κ1) is 21.4. The average molecular weight is 437 g/mol. The molecule has 3 aromatic rings. The van der Waals surface area contributed by atoms with Crippen molar-refractivity contribution in [3.8, 4) is 17.4 Å². The van der Waals surface area contributed by atoms with Gasteiger partial charge in [0.2, 0.25) is 5.88 Å². The van der Waals surface area contributed by atoms with Crippen molar-refractivity contribution >= 4 is 17.5 Å². The smallest absolute Gasteiger partial charge is 0.274 e. The van der Waals surface area contributed by atoms with E-state index >= 15 is 0 Å². The number of imidazole rings is 1. The van der Waals surface area contributed by atoms with E-state index in [2.05, 4.69) is 25.3 Å². The van der Waals surface area contributed by atoms with E-state index in [1.807, 2.05) is 7.05 Å². The summed E-state index contributed by atoms with van der Waals surface area (Å²) in [5.74, 6) is -0.131. The number of hydrogen-bond donors (Lipinski definition) is 2. The minimum Gasteiger partial charge on any atom is -0.477 e. The minimum absolute atomic E-state index is 0.104. The lowest BCUT2D eigenvalue weighted by atomic mass is 10.0. The molecule has 0 spiro atoms. The molecular formula is C21H23N7O4. The van der Waals surface area contributed by atoms with Crippen LogP contribution >= 0.6 is 0 Å². The van der Waals surface area contributed by atoms with E-state index in [0.29, 0.717) is 48.8 Å². The zero-order valence-electron chi connectivity index (χ0n) is 17.5. The fraction of sp³-hybridized carbons (Fsp3) is 0.333. The van der Waals surface area contributed by atoms with Gasteiger partial charge < -0.3 is 25.1 Å². The Kier molecular flexibility index (Phi) is 6.36. The molecule has 0 atom stereocenters. The zero-order chi connectivity index (χ0) is 22.5. The molecule has 0 radical (unpaired) electrons. The van der Waals surface area contributed by atoms with Gasteiger partial charge in [-0.05, 0) is 30.9 Å². The highest BCUT2D eigenvalue weighted by atomic mass is 16.5. The molecule has 1 aliphatic rings. The Bertz CT molecular complexity index is 1110. The largest absolute Gasteiger partial charge is 0.477 e. The quantitative estimate of drug-likeness (QED) is 0.564. The topological polar surface area (TPSA) is 147 Å². The second kappa shape index (κ2) is 9.52. The molecule has 0 aliphatic carbocycles. The second-order valence-electron chi connectivity index (χ2n) is 7.42. The first-order valence-electron chi connectivity index (χ1n) is 10.1. The number of ether oxygens (including phenoxy) is 2. The number of nitrogens with two attached hydrogens (primary N) is 1. The lowest BCUT2D eigenvalue weighted by molar-refractivity contribution is 0.0490. The van der Waals surface area contributed by atoms with Crippen LogP contribution in [0.3, 0.4) is 0 Å². The molecule has 3 N–H and O–H groups in total. The second-order valence-corrected chi connectivity index (χ2v) is 7.42. The SMILES string of the molecule is Cn1cncc1-c1nc(OCC2CCOCC2)cc(C(=O)Nc2ccc(C(N)=O)nc2)n1. The Hall–Kier alpha value is -3.86. The number of pyridine rings is 1. The Morgan fingerprint density at radius 1 is 1.22 bits per heavy atom. The van der Waals surface area contributed by atoms with Gasteiger partial charge in [-0.3, -0.25) is 9.59 Å². The maximum absolute atomic E-state index is 12.9. The Labute approximate surface area is 184 Å². The summed E-state index contributed by atoms with van der Waals surface area (Å²) in [6.45, 7) is 1.91. The molecule has 4 rings (SSSR count). The summed E-state index contributed by atoms with van der Waals surface area (Å²) in [7, 11) is 1.81. The van der Waals surface area contributed by atoms with Crippen molar-refractivity contribution in [1.29, 1.82) is 0 Å². The first-order valence-corrected chi connectivity index (χ1v) is 10.1. The number of hydrogen-bond acceptors (Lipinski definition) is 8. The minimum atomic E-state index is -0.647. The van der Waals surface area contributed by atoms with E-state index in [0.717, 1.165) is 12.8 Å². The van der Waals surface area contributed by atoms with Crippen LogP contribution < -0.4 is 15.8 Å². The predicted molar refractivity (Wildman–Crippen MR) is 114 cm³/mol. The molecule has 1 aliphatic heterocycles. The van der Waals surface area contributed by atoms with Crippen LogP contribution in [0.5, 0.6) is 5.88 Å². The van der Waals surface area contributed by atoms with Gasteiger partial charge in [0, 0.05) is 26.3 Å². The molecule has 11 nitrogen and oxygen atoms in total. The maximum Gasteiger partial charge on any atom is 0.274 e. The van der Waals surface area contributed by atoms with Crippen LogP contribution in [0.15, 0.2) is 36.9 Å². The zero-order valence-corrected chi connectivity index (χ0v) is 17.5. The van der Waals surface area contributed by atoms with Crippen molar-refractivity contribution < 1.29 is 19.1 Å². The fourth-order valence-electron chi connectivity index (χ4n) is 3.23. The molecule has 2 amide bonds. The standard InChI is InChI=1S/C21H23N7O4/c1-28-12-23-10-17(28)20-26-16(8-18(27-20)32-11-13-4-6-31-7-5-13)21(30)25-14-2-3-15(19(22)29)24-9-14/h2-3,8-10,12-13H,4-7,11H2,1H3,(H2,22,29)(H,25,30). The van der Waals surface area contributed by atoms with Crippen LogP contribution in [-0.2, 0) is 11.8 Å². The Balaban J connectivity index is 1.57. The highest BCUT2D eigenvalue weighted by molar-refractivity contribution is 6.03. The molecule has 11 heteroatoms. The number of carbonyl (C=O) groups excluding carboxylic acids is 2. The van der Waals surface area contributed by atoms with E-state index in [-0.39, 0.29) is 11.4 Å². The summed E-state index contributed by atoms with van der Waals surface area (Å²) in [6.07, 6.45) is 6.43. The van der Waals surface area contributed by atoms with Crippen LogP contribution in [0.4, 0.5) is 5.69 Å². The molecule has 0 saturated carbocycles. The molecule has 3 aromatic heterocycles. The maximum atomic E-state index is 12.9. The predicted octanol–water partition coefficient (Wildman–Crippen LogP) is 1.43. The molecule has 0 unspecified atom stereocenters. The van der Waals surface area contributed by atoms with Gasteiger partial charge in [0.25, 0.3) is 11.8 Å². The van der Waals surface area contributed by atoms with E-state index < -0.39 is 11.8 Å². The fourth-order valence-corrected chi connectivity index (χ4v) is 3.23. The van der Waals surface area contributed by atoms with Gasteiger partial charge in [-0.15, -0.1) is 0 Å². The summed E-state index contributed by atoms with van der Waals surface area (Å²) in [5, 5.41) is 2.71. The normalized spacial score (nSPS) is 14.2. The van der Waals surface area contributed by atoms with Crippen molar-refractivity contribution in [3.05, 3.63) is 48.3 Å². The van der Waals surface area contributed by atoms with E-state index in [9.17, 15) is 9.59 Å². The highest BCUT2D eigenvalue weighted by Crippen LogP contribution is 2.21. The van der Waals surface area contributed by atoms with Gasteiger partial charge in [0.1, 0.15) is 17.1 Å². The van der Waals surface area contributed by atoms with Crippen molar-refractivity contribution in [2.75, 3.05) is 25.1 Å².